The number of hydrogen-bond acceptors (Lipinski definition) is 3. The Kier molecular flexibility index (Phi) is 3.39. The molecule has 4 nitrogen and oxygen atoms in total. The van der Waals surface area contributed by atoms with Crippen molar-refractivity contribution in [2.24, 2.45) is 5.73 Å². The van der Waals surface area contributed by atoms with Crippen molar-refractivity contribution in [1.82, 2.24) is 4.98 Å². The molecule has 1 atom stereocenters. The van der Waals surface area contributed by atoms with E-state index in [1.807, 2.05) is 32.0 Å². The Bertz CT molecular complexity index is 629. The van der Waals surface area contributed by atoms with Gasteiger partial charge in [-0.2, -0.15) is 0 Å². The zero-order valence-corrected chi connectivity index (χ0v) is 10.9. The number of ether oxygens (including phenoxy) is 1. The van der Waals surface area contributed by atoms with Crippen LogP contribution >= 0.6 is 0 Å². The van der Waals surface area contributed by atoms with E-state index in [-0.39, 0.29) is 11.6 Å². The Morgan fingerprint density at radius 3 is 2.72 bits per heavy atom. The monoisotopic (exact) mass is 246 g/mol. The summed E-state index contributed by atoms with van der Waals surface area (Å²) < 4.78 is 5.29. The molecule has 2 rings (SSSR count). The van der Waals surface area contributed by atoms with Gasteiger partial charge in [0, 0.05) is 17.0 Å². The molecule has 18 heavy (non-hydrogen) atoms. The lowest BCUT2D eigenvalue weighted by atomic mass is 10.0. The topological polar surface area (TPSA) is 68.1 Å². The summed E-state index contributed by atoms with van der Waals surface area (Å²) in [5.41, 5.74) is 8.20. The van der Waals surface area contributed by atoms with Gasteiger partial charge in [-0.15, -0.1) is 0 Å². The minimum atomic E-state index is -0.0954. The lowest BCUT2D eigenvalue weighted by Crippen LogP contribution is -2.23. The van der Waals surface area contributed by atoms with Gasteiger partial charge in [0.15, 0.2) is 0 Å². The molecule has 0 amide bonds. The van der Waals surface area contributed by atoms with Crippen LogP contribution in [0.3, 0.4) is 0 Å². The molecule has 4 heteroatoms. The highest BCUT2D eigenvalue weighted by molar-refractivity contribution is 5.85. The molecule has 96 valence electrons. The van der Waals surface area contributed by atoms with Crippen LogP contribution in [-0.4, -0.2) is 18.1 Å². The molecular formula is C14H18N2O2. The second-order valence-corrected chi connectivity index (χ2v) is 4.74. The molecule has 1 unspecified atom stereocenters. The fourth-order valence-electron chi connectivity index (χ4n) is 2.13. The summed E-state index contributed by atoms with van der Waals surface area (Å²) in [6.45, 7) is 3.89. The second kappa shape index (κ2) is 4.82. The summed E-state index contributed by atoms with van der Waals surface area (Å²) >= 11 is 0. The van der Waals surface area contributed by atoms with Gasteiger partial charge in [-0.1, -0.05) is 0 Å². The number of aromatic nitrogens is 1. The quantitative estimate of drug-likeness (QED) is 0.866. The fraction of sp³-hybridized carbons (Fsp3) is 0.357. The van der Waals surface area contributed by atoms with Gasteiger partial charge in [0.1, 0.15) is 5.75 Å². The van der Waals surface area contributed by atoms with E-state index in [4.69, 9.17) is 10.5 Å². The summed E-state index contributed by atoms with van der Waals surface area (Å²) in [7, 11) is 1.60. The molecule has 0 radical (unpaired) electrons. The predicted octanol–water partition coefficient (Wildman–Crippen LogP) is 1.73. The molecule has 1 heterocycles. The third-order valence-electron chi connectivity index (χ3n) is 2.90. The molecule has 2 aromatic rings. The Morgan fingerprint density at radius 2 is 2.11 bits per heavy atom. The zero-order chi connectivity index (χ0) is 13.3. The normalized spacial score (nSPS) is 12.7. The van der Waals surface area contributed by atoms with Crippen LogP contribution in [0, 0.1) is 6.92 Å². The minimum absolute atomic E-state index is 0.0322. The predicted molar refractivity (Wildman–Crippen MR) is 73.2 cm³/mol. The van der Waals surface area contributed by atoms with Crippen molar-refractivity contribution in [2.75, 3.05) is 7.11 Å². The average Bonchev–Trinajstić information content (AvgIpc) is 2.29. The highest BCUT2D eigenvalue weighted by Crippen LogP contribution is 2.25. The minimum Gasteiger partial charge on any atom is -0.495 e. The van der Waals surface area contributed by atoms with Gasteiger partial charge in [0.2, 0.25) is 0 Å². The maximum atomic E-state index is 12.0. The van der Waals surface area contributed by atoms with Gasteiger partial charge in [-0.25, -0.2) is 0 Å². The van der Waals surface area contributed by atoms with E-state index >= 15 is 0 Å². The van der Waals surface area contributed by atoms with Gasteiger partial charge < -0.3 is 15.5 Å². The van der Waals surface area contributed by atoms with Gasteiger partial charge in [-0.05, 0) is 44.0 Å². The number of aromatic amines is 1. The van der Waals surface area contributed by atoms with E-state index in [1.54, 1.807) is 7.11 Å². The molecule has 0 aliphatic carbocycles. The first-order valence-corrected chi connectivity index (χ1v) is 5.97. The molecule has 1 aromatic heterocycles. The first kappa shape index (κ1) is 12.6. The summed E-state index contributed by atoms with van der Waals surface area (Å²) in [5, 5.41) is 0.974. The van der Waals surface area contributed by atoms with E-state index < -0.39 is 0 Å². The summed E-state index contributed by atoms with van der Waals surface area (Å²) in [6.07, 6.45) is 0.571. The summed E-state index contributed by atoms with van der Waals surface area (Å²) in [5.74, 6) is 0.689. The Hall–Kier alpha value is -1.81. The van der Waals surface area contributed by atoms with Crippen LogP contribution in [0.2, 0.25) is 0 Å². The molecule has 0 bridgehead atoms. The molecule has 0 aliphatic heterocycles. The van der Waals surface area contributed by atoms with Crippen LogP contribution in [0.15, 0.2) is 23.0 Å². The lowest BCUT2D eigenvalue weighted by molar-refractivity contribution is 0.418. The molecule has 0 fully saturated rings. The van der Waals surface area contributed by atoms with Crippen LogP contribution in [0.4, 0.5) is 0 Å². The number of benzene rings is 1. The van der Waals surface area contributed by atoms with Gasteiger partial charge in [0.25, 0.3) is 5.56 Å². The number of aryl methyl sites for hydroxylation is 1. The van der Waals surface area contributed by atoms with Crippen molar-refractivity contribution in [1.29, 1.82) is 0 Å². The largest absolute Gasteiger partial charge is 0.495 e. The Balaban J connectivity index is 2.67. The lowest BCUT2D eigenvalue weighted by Gasteiger charge is -2.09. The number of nitrogens with two attached hydrogens (primary N) is 1. The van der Waals surface area contributed by atoms with Crippen LogP contribution in [0.25, 0.3) is 10.9 Å². The number of H-pyrrole nitrogens is 1. The first-order chi connectivity index (χ1) is 8.51. The summed E-state index contributed by atoms with van der Waals surface area (Å²) in [6, 6.07) is 5.80. The number of rotatable bonds is 3. The van der Waals surface area contributed by atoms with E-state index in [1.165, 1.54) is 0 Å². The molecular weight excluding hydrogens is 228 g/mol. The summed E-state index contributed by atoms with van der Waals surface area (Å²) in [4.78, 5) is 14.8. The average molecular weight is 246 g/mol. The third kappa shape index (κ3) is 2.38. The van der Waals surface area contributed by atoms with E-state index in [0.29, 0.717) is 17.7 Å². The number of nitrogens with one attached hydrogen (secondary N) is 1. The number of fused-ring (bicyclic) bond motifs is 1. The smallest absolute Gasteiger partial charge is 0.251 e. The van der Waals surface area contributed by atoms with Crippen molar-refractivity contribution in [3.8, 4) is 5.75 Å². The number of pyridine rings is 1. The number of methoxy groups -OCH3 is 1. The van der Waals surface area contributed by atoms with Crippen LogP contribution in [0.1, 0.15) is 18.1 Å². The second-order valence-electron chi connectivity index (χ2n) is 4.74. The molecule has 3 N–H and O–H groups in total. The van der Waals surface area contributed by atoms with Crippen LogP contribution in [0.5, 0.6) is 5.75 Å². The highest BCUT2D eigenvalue weighted by atomic mass is 16.5. The maximum absolute atomic E-state index is 12.0. The molecule has 1 aromatic carbocycles. The fourth-order valence-corrected chi connectivity index (χ4v) is 2.13. The molecule has 0 saturated heterocycles. The van der Waals surface area contributed by atoms with Gasteiger partial charge >= 0.3 is 0 Å². The molecule has 0 aliphatic rings. The third-order valence-corrected chi connectivity index (χ3v) is 2.90. The van der Waals surface area contributed by atoms with Crippen molar-refractivity contribution < 1.29 is 4.74 Å². The van der Waals surface area contributed by atoms with Crippen LogP contribution < -0.4 is 16.0 Å². The number of hydrogen-bond donors (Lipinski definition) is 2. The SMILES string of the molecule is COc1cc(C)cc2cc(CC(C)N)c(=O)[nH]c12. The Labute approximate surface area is 106 Å². The van der Waals surface area contributed by atoms with Crippen molar-refractivity contribution in [3.63, 3.8) is 0 Å². The van der Waals surface area contributed by atoms with E-state index in [9.17, 15) is 4.79 Å². The Morgan fingerprint density at radius 1 is 1.39 bits per heavy atom. The molecule has 0 spiro atoms. The standard InChI is InChI=1S/C14H18N2O2/c1-8-4-10-7-11(6-9(2)15)14(17)16-13(10)12(5-8)18-3/h4-5,7,9H,6,15H2,1-3H3,(H,16,17). The van der Waals surface area contributed by atoms with Crippen LogP contribution in [-0.2, 0) is 6.42 Å². The maximum Gasteiger partial charge on any atom is 0.251 e. The van der Waals surface area contributed by atoms with Gasteiger partial charge in [0.05, 0.1) is 12.6 Å². The highest BCUT2D eigenvalue weighted by Gasteiger charge is 2.09. The van der Waals surface area contributed by atoms with Crippen molar-refractivity contribution >= 4 is 10.9 Å². The van der Waals surface area contributed by atoms with Gasteiger partial charge in [-0.3, -0.25) is 4.79 Å². The first-order valence-electron chi connectivity index (χ1n) is 5.97. The van der Waals surface area contributed by atoms with Crippen molar-refractivity contribution in [2.45, 2.75) is 26.3 Å². The van der Waals surface area contributed by atoms with E-state index in [2.05, 4.69) is 4.98 Å². The van der Waals surface area contributed by atoms with Crippen molar-refractivity contribution in [3.05, 3.63) is 39.7 Å². The van der Waals surface area contributed by atoms with E-state index in [0.717, 1.165) is 16.5 Å². The zero-order valence-electron chi connectivity index (χ0n) is 10.9. The molecule has 0 saturated carbocycles.